The zero-order valence-electron chi connectivity index (χ0n) is 13.7. The van der Waals surface area contributed by atoms with E-state index < -0.39 is 17.8 Å². The van der Waals surface area contributed by atoms with Crippen molar-refractivity contribution in [1.82, 2.24) is 10.2 Å². The fourth-order valence-electron chi connectivity index (χ4n) is 2.63. The number of carbonyl (C=O) groups excluding carboxylic acids is 2. The van der Waals surface area contributed by atoms with Crippen molar-refractivity contribution in [2.75, 3.05) is 19.7 Å². The van der Waals surface area contributed by atoms with E-state index in [4.69, 9.17) is 26.5 Å². The number of halogens is 2. The lowest BCUT2D eigenvalue weighted by Crippen LogP contribution is -2.46. The van der Waals surface area contributed by atoms with Gasteiger partial charge >= 0.3 is 6.03 Å². The standard InChI is InChI=1S/C17H17ClFN3O4/c18-12-7-10(1-3-13(12)19)15-9-22(5-6-25-15)17(24)21-8-11-2-4-14(26-11)16(20)23/h1-4,7,15H,5-6,8-9H2,(H2,20,23)(H,21,24). The van der Waals surface area contributed by atoms with Crippen molar-refractivity contribution >= 4 is 23.5 Å². The smallest absolute Gasteiger partial charge is 0.317 e. The molecule has 2 aromatic rings. The van der Waals surface area contributed by atoms with Gasteiger partial charge in [-0.2, -0.15) is 0 Å². The number of amides is 3. The Bertz CT molecular complexity index is 826. The van der Waals surface area contributed by atoms with Crippen LogP contribution in [-0.2, 0) is 11.3 Å². The number of ether oxygens (including phenoxy) is 1. The molecule has 1 aliphatic rings. The zero-order valence-corrected chi connectivity index (χ0v) is 14.5. The summed E-state index contributed by atoms with van der Waals surface area (Å²) in [5, 5.41) is 2.72. The third-order valence-electron chi connectivity index (χ3n) is 3.99. The number of benzene rings is 1. The Morgan fingerprint density at radius 3 is 2.85 bits per heavy atom. The largest absolute Gasteiger partial charge is 0.454 e. The van der Waals surface area contributed by atoms with Crippen LogP contribution in [0.4, 0.5) is 9.18 Å². The third-order valence-corrected chi connectivity index (χ3v) is 4.28. The molecule has 138 valence electrons. The number of hydrogen-bond donors (Lipinski definition) is 2. The Labute approximate surface area is 153 Å². The number of nitrogens with two attached hydrogens (primary N) is 1. The van der Waals surface area contributed by atoms with Crippen molar-refractivity contribution in [2.24, 2.45) is 5.73 Å². The molecule has 9 heteroatoms. The number of furan rings is 1. The third kappa shape index (κ3) is 4.14. The Kier molecular flexibility index (Phi) is 5.43. The normalized spacial score (nSPS) is 17.2. The van der Waals surface area contributed by atoms with E-state index in [0.29, 0.717) is 31.0 Å². The summed E-state index contributed by atoms with van der Waals surface area (Å²) in [4.78, 5) is 24.9. The predicted octanol–water partition coefficient (Wildman–Crippen LogP) is 2.45. The lowest BCUT2D eigenvalue weighted by molar-refractivity contribution is -0.0155. The molecule has 0 bridgehead atoms. The van der Waals surface area contributed by atoms with Crippen molar-refractivity contribution in [3.8, 4) is 0 Å². The molecule has 3 rings (SSSR count). The molecule has 7 nitrogen and oxygen atoms in total. The second-order valence-electron chi connectivity index (χ2n) is 5.77. The fraction of sp³-hybridized carbons (Fsp3) is 0.294. The van der Waals surface area contributed by atoms with Gasteiger partial charge in [0.25, 0.3) is 5.91 Å². The van der Waals surface area contributed by atoms with E-state index in [1.807, 2.05) is 0 Å². The molecule has 3 N–H and O–H groups in total. The van der Waals surface area contributed by atoms with Gasteiger partial charge in [0.15, 0.2) is 5.76 Å². The van der Waals surface area contributed by atoms with Gasteiger partial charge in [0, 0.05) is 6.54 Å². The molecule has 26 heavy (non-hydrogen) atoms. The van der Waals surface area contributed by atoms with Crippen LogP contribution in [0.2, 0.25) is 5.02 Å². The number of rotatable bonds is 4. The maximum atomic E-state index is 13.3. The second kappa shape index (κ2) is 7.76. The highest BCUT2D eigenvalue weighted by atomic mass is 35.5. The van der Waals surface area contributed by atoms with Crippen LogP contribution in [-0.4, -0.2) is 36.5 Å². The number of nitrogens with zero attached hydrogens (tertiary/aromatic N) is 1. The van der Waals surface area contributed by atoms with Crippen LogP contribution in [0.3, 0.4) is 0 Å². The number of urea groups is 1. The van der Waals surface area contributed by atoms with Gasteiger partial charge in [0.1, 0.15) is 17.7 Å². The molecule has 1 unspecified atom stereocenters. The first-order chi connectivity index (χ1) is 12.4. The predicted molar refractivity (Wildman–Crippen MR) is 91.1 cm³/mol. The SMILES string of the molecule is NC(=O)c1ccc(CNC(=O)N2CCOC(c3ccc(F)c(Cl)c3)C2)o1. The number of carbonyl (C=O) groups is 2. The van der Waals surface area contributed by atoms with Gasteiger partial charge < -0.3 is 25.1 Å². The Hall–Kier alpha value is -2.58. The van der Waals surface area contributed by atoms with Gasteiger partial charge in [-0.15, -0.1) is 0 Å². The summed E-state index contributed by atoms with van der Waals surface area (Å²) in [6.45, 7) is 1.19. The summed E-state index contributed by atoms with van der Waals surface area (Å²) >= 11 is 5.81. The Morgan fingerprint density at radius 1 is 1.35 bits per heavy atom. The van der Waals surface area contributed by atoms with E-state index in [1.165, 1.54) is 18.2 Å². The molecular formula is C17H17ClFN3O4. The van der Waals surface area contributed by atoms with Gasteiger partial charge in [-0.05, 0) is 29.8 Å². The molecule has 1 fully saturated rings. The minimum Gasteiger partial charge on any atom is -0.454 e. The minimum atomic E-state index is -0.670. The molecule has 1 atom stereocenters. The van der Waals surface area contributed by atoms with Crippen molar-refractivity contribution in [3.05, 3.63) is 58.3 Å². The number of nitrogens with one attached hydrogen (secondary N) is 1. The molecule has 1 aliphatic heterocycles. The van der Waals surface area contributed by atoms with Crippen LogP contribution in [0.25, 0.3) is 0 Å². The van der Waals surface area contributed by atoms with E-state index in [9.17, 15) is 14.0 Å². The van der Waals surface area contributed by atoms with E-state index >= 15 is 0 Å². The van der Waals surface area contributed by atoms with E-state index in [2.05, 4.69) is 5.32 Å². The highest BCUT2D eigenvalue weighted by Gasteiger charge is 2.26. The topological polar surface area (TPSA) is 97.8 Å². The lowest BCUT2D eigenvalue weighted by Gasteiger charge is -2.33. The average Bonchev–Trinajstić information content (AvgIpc) is 3.11. The highest BCUT2D eigenvalue weighted by molar-refractivity contribution is 6.30. The molecule has 0 radical (unpaired) electrons. The molecule has 1 saturated heterocycles. The maximum absolute atomic E-state index is 13.3. The van der Waals surface area contributed by atoms with Crippen molar-refractivity contribution in [2.45, 2.75) is 12.6 Å². The first-order valence-corrected chi connectivity index (χ1v) is 8.29. The summed E-state index contributed by atoms with van der Waals surface area (Å²) < 4.78 is 24.2. The maximum Gasteiger partial charge on any atom is 0.317 e. The average molecular weight is 382 g/mol. The summed E-state index contributed by atoms with van der Waals surface area (Å²) in [7, 11) is 0. The zero-order chi connectivity index (χ0) is 18.7. The van der Waals surface area contributed by atoms with E-state index in [-0.39, 0.29) is 23.4 Å². The number of hydrogen-bond acceptors (Lipinski definition) is 4. The van der Waals surface area contributed by atoms with Crippen LogP contribution in [0.5, 0.6) is 0 Å². The molecular weight excluding hydrogens is 365 g/mol. The number of primary amides is 1. The van der Waals surface area contributed by atoms with Crippen LogP contribution in [0, 0.1) is 5.82 Å². The molecule has 1 aromatic heterocycles. The Morgan fingerprint density at radius 2 is 2.15 bits per heavy atom. The van der Waals surface area contributed by atoms with Gasteiger partial charge in [-0.25, -0.2) is 9.18 Å². The Balaban J connectivity index is 1.58. The van der Waals surface area contributed by atoms with Crippen molar-refractivity contribution in [1.29, 1.82) is 0 Å². The van der Waals surface area contributed by atoms with Crippen molar-refractivity contribution < 1.29 is 23.1 Å². The lowest BCUT2D eigenvalue weighted by atomic mass is 10.1. The minimum absolute atomic E-state index is 0.00995. The van der Waals surface area contributed by atoms with Crippen LogP contribution >= 0.6 is 11.6 Å². The molecule has 0 saturated carbocycles. The summed E-state index contributed by atoms with van der Waals surface area (Å²) in [6.07, 6.45) is -0.391. The first-order valence-electron chi connectivity index (χ1n) is 7.92. The van der Waals surface area contributed by atoms with Crippen molar-refractivity contribution in [3.63, 3.8) is 0 Å². The molecule has 3 amide bonds. The first kappa shape index (κ1) is 18.2. The fourth-order valence-corrected chi connectivity index (χ4v) is 2.82. The van der Waals surface area contributed by atoms with E-state index in [0.717, 1.165) is 0 Å². The van der Waals surface area contributed by atoms with Crippen LogP contribution < -0.4 is 11.1 Å². The summed E-state index contributed by atoms with van der Waals surface area (Å²) in [5.41, 5.74) is 5.82. The van der Waals surface area contributed by atoms with Gasteiger partial charge in [-0.3, -0.25) is 4.79 Å². The van der Waals surface area contributed by atoms with Gasteiger partial charge in [0.05, 0.1) is 24.7 Å². The number of morpholine rings is 1. The summed E-state index contributed by atoms with van der Waals surface area (Å²) in [5.74, 6) is -0.720. The van der Waals surface area contributed by atoms with Gasteiger partial charge in [-0.1, -0.05) is 17.7 Å². The quantitative estimate of drug-likeness (QED) is 0.849. The summed E-state index contributed by atoms with van der Waals surface area (Å²) in [6, 6.07) is 7.07. The van der Waals surface area contributed by atoms with Crippen LogP contribution in [0.15, 0.2) is 34.7 Å². The molecule has 0 aliphatic carbocycles. The molecule has 2 heterocycles. The second-order valence-corrected chi connectivity index (χ2v) is 6.18. The van der Waals surface area contributed by atoms with Crippen LogP contribution in [0.1, 0.15) is 28.0 Å². The van der Waals surface area contributed by atoms with E-state index in [1.54, 1.807) is 17.0 Å². The highest BCUT2D eigenvalue weighted by Crippen LogP contribution is 2.26. The van der Waals surface area contributed by atoms with Gasteiger partial charge in [0.2, 0.25) is 0 Å². The monoisotopic (exact) mass is 381 g/mol. The molecule has 0 spiro atoms. The molecule has 1 aromatic carbocycles.